The van der Waals surface area contributed by atoms with E-state index in [-0.39, 0.29) is 0 Å². The van der Waals surface area contributed by atoms with Crippen LogP contribution >= 0.6 is 23.4 Å². The highest BCUT2D eigenvalue weighted by Gasteiger charge is 2.30. The van der Waals surface area contributed by atoms with Crippen molar-refractivity contribution in [3.05, 3.63) is 59.3 Å². The minimum atomic E-state index is 0.541. The first-order valence-corrected chi connectivity index (χ1v) is 9.62. The average molecular weight is 376 g/mol. The molecule has 0 radical (unpaired) electrons. The second-order valence-corrected chi connectivity index (χ2v) is 7.43. The maximum atomic E-state index is 5.96. The quantitative estimate of drug-likeness (QED) is 0.424. The molecule has 130 valence electrons. The number of furan rings is 1. The molecule has 2 aromatic heterocycles. The molecule has 0 unspecified atom stereocenters. The molecule has 0 spiro atoms. The topological polar surface area (TPSA) is 53.1 Å². The normalized spacial score (nSPS) is 14.0. The number of aromatic nitrogens is 3. The van der Waals surface area contributed by atoms with Gasteiger partial charge in [-0.1, -0.05) is 29.4 Å². The lowest BCUT2D eigenvalue weighted by Gasteiger charge is -2.09. The van der Waals surface area contributed by atoms with E-state index in [0.29, 0.717) is 24.1 Å². The minimum Gasteiger partial charge on any atom is -0.493 e. The number of ether oxygens (including phenoxy) is 1. The van der Waals surface area contributed by atoms with Crippen LogP contribution in [-0.4, -0.2) is 27.1 Å². The van der Waals surface area contributed by atoms with Gasteiger partial charge in [0.1, 0.15) is 17.3 Å². The molecule has 2 heterocycles. The van der Waals surface area contributed by atoms with Crippen LogP contribution in [0.4, 0.5) is 0 Å². The fraction of sp³-hybridized carbons (Fsp3) is 0.333. The van der Waals surface area contributed by atoms with Crippen LogP contribution in [-0.2, 0) is 6.54 Å². The number of rotatable bonds is 8. The lowest BCUT2D eigenvalue weighted by atomic mass is 10.3. The summed E-state index contributed by atoms with van der Waals surface area (Å²) >= 11 is 7.61. The predicted molar refractivity (Wildman–Crippen MR) is 97.5 cm³/mol. The lowest BCUT2D eigenvalue weighted by Crippen LogP contribution is -2.07. The zero-order chi connectivity index (χ0) is 17.1. The van der Waals surface area contributed by atoms with Gasteiger partial charge in [-0.15, -0.1) is 10.2 Å². The van der Waals surface area contributed by atoms with Crippen LogP contribution in [0.1, 0.15) is 30.3 Å². The highest BCUT2D eigenvalue weighted by molar-refractivity contribution is 7.99. The monoisotopic (exact) mass is 375 g/mol. The Morgan fingerprint density at radius 3 is 2.92 bits per heavy atom. The van der Waals surface area contributed by atoms with E-state index in [2.05, 4.69) is 14.8 Å². The number of halogens is 1. The van der Waals surface area contributed by atoms with Crippen LogP contribution in [0.25, 0.3) is 0 Å². The van der Waals surface area contributed by atoms with E-state index in [1.54, 1.807) is 18.0 Å². The maximum absolute atomic E-state index is 5.96. The summed E-state index contributed by atoms with van der Waals surface area (Å²) < 4.78 is 13.4. The molecule has 1 aromatic carbocycles. The summed E-state index contributed by atoms with van der Waals surface area (Å²) in [7, 11) is 0. The van der Waals surface area contributed by atoms with E-state index < -0.39 is 0 Å². The molecule has 4 rings (SSSR count). The van der Waals surface area contributed by atoms with Crippen LogP contribution in [0.15, 0.2) is 52.2 Å². The van der Waals surface area contributed by atoms with E-state index >= 15 is 0 Å². The van der Waals surface area contributed by atoms with E-state index in [1.807, 2.05) is 36.4 Å². The van der Waals surface area contributed by atoms with Crippen molar-refractivity contribution in [1.29, 1.82) is 0 Å². The summed E-state index contributed by atoms with van der Waals surface area (Å²) in [4.78, 5) is 0. The third kappa shape index (κ3) is 4.19. The molecule has 1 aliphatic carbocycles. The van der Waals surface area contributed by atoms with Crippen LogP contribution in [0.2, 0.25) is 5.02 Å². The van der Waals surface area contributed by atoms with Crippen molar-refractivity contribution in [2.24, 2.45) is 0 Å². The van der Waals surface area contributed by atoms with Gasteiger partial charge in [-0.3, -0.25) is 4.57 Å². The van der Waals surface area contributed by atoms with Gasteiger partial charge in [0.25, 0.3) is 0 Å². The first kappa shape index (κ1) is 16.5. The zero-order valence-electron chi connectivity index (χ0n) is 13.6. The van der Waals surface area contributed by atoms with E-state index in [9.17, 15) is 0 Å². The molecule has 1 fully saturated rings. The van der Waals surface area contributed by atoms with Crippen LogP contribution in [0.3, 0.4) is 0 Å². The first-order chi connectivity index (χ1) is 12.3. The van der Waals surface area contributed by atoms with Crippen molar-refractivity contribution in [2.75, 3.05) is 12.4 Å². The number of hydrogen-bond donors (Lipinski definition) is 0. The van der Waals surface area contributed by atoms with Gasteiger partial charge in [0.15, 0.2) is 5.16 Å². The Kier molecular flexibility index (Phi) is 4.99. The Hall–Kier alpha value is -1.92. The van der Waals surface area contributed by atoms with Gasteiger partial charge in [0.05, 0.1) is 19.4 Å². The van der Waals surface area contributed by atoms with Gasteiger partial charge in [0, 0.05) is 16.7 Å². The number of hydrogen-bond acceptors (Lipinski definition) is 5. The SMILES string of the molecule is Clc1cccc(OCCSc2nnc(C3CC3)n2Cc2ccco2)c1. The van der Waals surface area contributed by atoms with Gasteiger partial charge >= 0.3 is 0 Å². The minimum absolute atomic E-state index is 0.541. The Labute approximate surface area is 155 Å². The fourth-order valence-corrected chi connectivity index (χ4v) is 3.55. The predicted octanol–water partition coefficient (Wildman–Crippen LogP) is 4.62. The Bertz CT molecular complexity index is 831. The molecule has 5 nitrogen and oxygen atoms in total. The molecule has 25 heavy (non-hydrogen) atoms. The Balaban J connectivity index is 1.38. The first-order valence-electron chi connectivity index (χ1n) is 8.26. The summed E-state index contributed by atoms with van der Waals surface area (Å²) in [5.74, 6) is 4.09. The highest BCUT2D eigenvalue weighted by Crippen LogP contribution is 2.40. The van der Waals surface area contributed by atoms with E-state index in [1.165, 1.54) is 12.8 Å². The Morgan fingerprint density at radius 2 is 2.16 bits per heavy atom. The van der Waals surface area contributed by atoms with Gasteiger partial charge < -0.3 is 9.15 Å². The van der Waals surface area contributed by atoms with Crippen LogP contribution in [0, 0.1) is 0 Å². The standard InChI is InChI=1S/C18H18ClN3O2S/c19-14-3-1-4-15(11-14)24-9-10-25-18-21-20-17(13-6-7-13)22(18)12-16-5-2-8-23-16/h1-5,8,11,13H,6-7,9-10,12H2. The molecule has 0 amide bonds. The van der Waals surface area contributed by atoms with Crippen molar-refractivity contribution in [3.8, 4) is 5.75 Å². The molecule has 0 saturated heterocycles. The van der Waals surface area contributed by atoms with Gasteiger partial charge in [-0.25, -0.2) is 0 Å². The summed E-state index contributed by atoms with van der Waals surface area (Å²) in [6, 6.07) is 11.3. The van der Waals surface area contributed by atoms with Crippen LogP contribution in [0.5, 0.6) is 5.75 Å². The van der Waals surface area contributed by atoms with Crippen molar-refractivity contribution >= 4 is 23.4 Å². The third-order valence-corrected chi connectivity index (χ3v) is 5.13. The summed E-state index contributed by atoms with van der Waals surface area (Å²) in [6.45, 7) is 1.25. The summed E-state index contributed by atoms with van der Waals surface area (Å²) in [6.07, 6.45) is 4.08. The second-order valence-electron chi connectivity index (χ2n) is 5.93. The summed E-state index contributed by atoms with van der Waals surface area (Å²) in [5.41, 5.74) is 0. The van der Waals surface area contributed by atoms with Gasteiger partial charge in [0.2, 0.25) is 0 Å². The van der Waals surface area contributed by atoms with Crippen molar-refractivity contribution in [2.45, 2.75) is 30.5 Å². The molecule has 1 aliphatic rings. The number of nitrogens with zero attached hydrogens (tertiary/aromatic N) is 3. The molecule has 3 aromatic rings. The third-order valence-electron chi connectivity index (χ3n) is 3.96. The molecule has 0 atom stereocenters. The molecular weight excluding hydrogens is 358 g/mol. The number of benzene rings is 1. The second kappa shape index (κ2) is 7.54. The smallest absolute Gasteiger partial charge is 0.191 e. The van der Waals surface area contributed by atoms with Crippen molar-refractivity contribution < 1.29 is 9.15 Å². The van der Waals surface area contributed by atoms with E-state index in [4.69, 9.17) is 20.8 Å². The fourth-order valence-electron chi connectivity index (χ4n) is 2.61. The van der Waals surface area contributed by atoms with Gasteiger partial charge in [-0.2, -0.15) is 0 Å². The summed E-state index contributed by atoms with van der Waals surface area (Å²) in [5, 5.41) is 10.4. The van der Waals surface area contributed by atoms with Gasteiger partial charge in [-0.05, 0) is 43.2 Å². The zero-order valence-corrected chi connectivity index (χ0v) is 15.2. The number of thioether (sulfide) groups is 1. The molecule has 0 bridgehead atoms. The lowest BCUT2D eigenvalue weighted by molar-refractivity contribution is 0.344. The highest BCUT2D eigenvalue weighted by atomic mass is 35.5. The molecule has 0 N–H and O–H groups in total. The largest absolute Gasteiger partial charge is 0.493 e. The van der Waals surface area contributed by atoms with Crippen LogP contribution < -0.4 is 4.74 Å². The molecule has 7 heteroatoms. The molecule has 0 aliphatic heterocycles. The Morgan fingerprint density at radius 1 is 1.24 bits per heavy atom. The van der Waals surface area contributed by atoms with Crippen molar-refractivity contribution in [3.63, 3.8) is 0 Å². The molecule has 1 saturated carbocycles. The average Bonchev–Trinajstić information content (AvgIpc) is 3.17. The van der Waals surface area contributed by atoms with Crippen molar-refractivity contribution in [1.82, 2.24) is 14.8 Å². The molecular formula is C18H18ClN3O2S. The maximum Gasteiger partial charge on any atom is 0.191 e. The van der Waals surface area contributed by atoms with E-state index in [0.717, 1.165) is 28.2 Å².